The summed E-state index contributed by atoms with van der Waals surface area (Å²) in [6.45, 7) is 4.83. The van der Waals surface area contributed by atoms with E-state index in [1.807, 2.05) is 0 Å². The lowest BCUT2D eigenvalue weighted by Crippen LogP contribution is -2.27. The lowest BCUT2D eigenvalue weighted by molar-refractivity contribution is 0.447. The van der Waals surface area contributed by atoms with Gasteiger partial charge in [-0.05, 0) is 56.5 Å². The smallest absolute Gasteiger partial charge is 0.00448 e. The molecule has 0 fully saturated rings. The predicted octanol–water partition coefficient (Wildman–Crippen LogP) is 8.61. The van der Waals surface area contributed by atoms with Gasteiger partial charge in [-0.1, -0.05) is 129 Å². The molecule has 160 valence electrons. The predicted molar refractivity (Wildman–Crippen MR) is 140 cm³/mol. The van der Waals surface area contributed by atoms with Gasteiger partial charge in [-0.2, -0.15) is 0 Å². The fourth-order valence-electron chi connectivity index (χ4n) is 5.76. The number of hydrogen-bond acceptors (Lipinski definition) is 0. The highest BCUT2D eigenvalue weighted by atomic mass is 14.4. The normalized spacial score (nSPS) is 14.5. The average molecular weight is 425 g/mol. The third-order valence-corrected chi connectivity index (χ3v) is 7.49. The Morgan fingerprint density at radius 1 is 0.606 bits per heavy atom. The van der Waals surface area contributed by atoms with Crippen molar-refractivity contribution in [2.45, 2.75) is 25.7 Å². The van der Waals surface area contributed by atoms with Crippen LogP contribution in [0, 0.1) is 5.92 Å². The van der Waals surface area contributed by atoms with Crippen LogP contribution in [0.4, 0.5) is 0 Å². The Balaban J connectivity index is 1.53. The van der Waals surface area contributed by atoms with Crippen LogP contribution in [0.15, 0.2) is 115 Å². The van der Waals surface area contributed by atoms with Crippen molar-refractivity contribution in [2.75, 3.05) is 0 Å². The maximum atomic E-state index is 2.41. The van der Waals surface area contributed by atoms with Crippen LogP contribution in [0.1, 0.15) is 30.5 Å². The lowest BCUT2D eigenvalue weighted by Gasteiger charge is -2.34. The fraction of sp³-hybridized carbons (Fsp3) is 0.152. The molecule has 0 heteroatoms. The summed E-state index contributed by atoms with van der Waals surface area (Å²) in [7, 11) is 0. The summed E-state index contributed by atoms with van der Waals surface area (Å²) in [5.74, 6) is 0.398. The zero-order valence-corrected chi connectivity index (χ0v) is 19.3. The maximum absolute atomic E-state index is 2.41. The molecule has 0 heterocycles. The van der Waals surface area contributed by atoms with Crippen LogP contribution in [0.2, 0.25) is 0 Å². The minimum Gasteiger partial charge on any atom is -0.0768 e. The third kappa shape index (κ3) is 3.29. The molecule has 2 aliphatic carbocycles. The van der Waals surface area contributed by atoms with Crippen LogP contribution in [0.5, 0.6) is 0 Å². The molecule has 0 bridgehead atoms. The van der Waals surface area contributed by atoms with Crippen LogP contribution < -0.4 is 0 Å². The van der Waals surface area contributed by atoms with Crippen molar-refractivity contribution in [1.82, 2.24) is 0 Å². The van der Waals surface area contributed by atoms with E-state index in [4.69, 9.17) is 0 Å². The van der Waals surface area contributed by atoms with Gasteiger partial charge in [0.2, 0.25) is 0 Å². The molecule has 0 radical (unpaired) electrons. The highest BCUT2D eigenvalue weighted by Crippen LogP contribution is 2.49. The summed E-state index contributed by atoms with van der Waals surface area (Å²) in [6.07, 6.45) is 10.1. The summed E-state index contributed by atoms with van der Waals surface area (Å²) in [4.78, 5) is 0. The van der Waals surface area contributed by atoms with Crippen molar-refractivity contribution in [1.29, 1.82) is 0 Å². The number of benzene rings is 4. The molecule has 0 aromatic heterocycles. The second-order valence-electron chi connectivity index (χ2n) is 9.81. The number of hydrogen-bond donors (Lipinski definition) is 0. The van der Waals surface area contributed by atoms with E-state index >= 15 is 0 Å². The van der Waals surface area contributed by atoms with Crippen LogP contribution in [0.25, 0.3) is 33.4 Å². The highest BCUT2D eigenvalue weighted by Gasteiger charge is 2.36. The first-order valence-electron chi connectivity index (χ1n) is 11.9. The molecular weight excluding hydrogens is 396 g/mol. The van der Waals surface area contributed by atoms with E-state index < -0.39 is 0 Å². The molecule has 0 unspecified atom stereocenters. The molecule has 0 N–H and O–H groups in total. The first kappa shape index (κ1) is 20.0. The van der Waals surface area contributed by atoms with E-state index in [0.29, 0.717) is 5.92 Å². The second kappa shape index (κ2) is 7.74. The third-order valence-electron chi connectivity index (χ3n) is 7.49. The topological polar surface area (TPSA) is 0 Å². The molecule has 4 aromatic rings. The van der Waals surface area contributed by atoms with Gasteiger partial charge >= 0.3 is 0 Å². The molecule has 0 aliphatic heterocycles. The monoisotopic (exact) mass is 424 g/mol. The van der Waals surface area contributed by atoms with Gasteiger partial charge in [0.15, 0.2) is 0 Å². The van der Waals surface area contributed by atoms with Gasteiger partial charge in [0, 0.05) is 11.3 Å². The van der Waals surface area contributed by atoms with Crippen LogP contribution >= 0.6 is 0 Å². The molecule has 0 nitrogen and oxygen atoms in total. The SMILES string of the molecule is CC(C)(c1c(-c2ccccc2)ccc2c1Cc1cc(-c3ccccc3)ccc1-2)C1C=CC=C1. The van der Waals surface area contributed by atoms with Crippen LogP contribution in [0.3, 0.4) is 0 Å². The van der Waals surface area contributed by atoms with E-state index in [1.54, 1.807) is 0 Å². The number of fused-ring (bicyclic) bond motifs is 3. The Labute approximate surface area is 196 Å². The summed E-state index contributed by atoms with van der Waals surface area (Å²) < 4.78 is 0. The number of allylic oxidation sites excluding steroid dienone is 4. The van der Waals surface area contributed by atoms with Gasteiger partial charge in [-0.25, -0.2) is 0 Å². The lowest BCUT2D eigenvalue weighted by atomic mass is 9.69. The van der Waals surface area contributed by atoms with Gasteiger partial charge in [-0.3, -0.25) is 0 Å². The van der Waals surface area contributed by atoms with E-state index in [2.05, 4.69) is 129 Å². The zero-order chi connectivity index (χ0) is 22.4. The van der Waals surface area contributed by atoms with E-state index in [-0.39, 0.29) is 5.41 Å². The minimum absolute atomic E-state index is 0.00960. The standard InChI is InChI=1S/C33H28/c1-33(2,27-15-9-10-16-27)32-29(24-13-7-4-8-14-24)19-20-30-28-18-17-25(21-26(28)22-31(30)32)23-11-5-3-6-12-23/h3-21,27H,22H2,1-2H3. The van der Waals surface area contributed by atoms with Gasteiger partial charge in [-0.15, -0.1) is 0 Å². The Morgan fingerprint density at radius 3 is 1.91 bits per heavy atom. The van der Waals surface area contributed by atoms with Crippen molar-refractivity contribution in [3.8, 4) is 33.4 Å². The van der Waals surface area contributed by atoms with Gasteiger partial charge < -0.3 is 0 Å². The fourth-order valence-corrected chi connectivity index (χ4v) is 5.76. The molecule has 2 aliphatic rings. The van der Waals surface area contributed by atoms with Crippen molar-refractivity contribution < 1.29 is 0 Å². The molecule has 6 rings (SSSR count). The first-order valence-corrected chi connectivity index (χ1v) is 11.9. The quantitative estimate of drug-likeness (QED) is 0.271. The van der Waals surface area contributed by atoms with E-state index in [1.165, 1.54) is 50.1 Å². The summed E-state index contributed by atoms with van der Waals surface area (Å²) in [6, 6.07) is 33.3. The maximum Gasteiger partial charge on any atom is 0.00448 e. The molecule has 0 atom stereocenters. The Kier molecular flexibility index (Phi) is 4.69. The molecule has 4 aromatic carbocycles. The summed E-state index contributed by atoms with van der Waals surface area (Å²) in [5.41, 5.74) is 12.4. The second-order valence-corrected chi connectivity index (χ2v) is 9.81. The van der Waals surface area contributed by atoms with Crippen molar-refractivity contribution >= 4 is 0 Å². The zero-order valence-electron chi connectivity index (χ0n) is 19.3. The summed E-state index contributed by atoms with van der Waals surface area (Å²) in [5, 5.41) is 0. The average Bonchev–Trinajstić information content (AvgIpc) is 3.53. The van der Waals surface area contributed by atoms with Crippen LogP contribution in [-0.4, -0.2) is 0 Å². The van der Waals surface area contributed by atoms with E-state index in [9.17, 15) is 0 Å². The Morgan fingerprint density at radius 2 is 1.21 bits per heavy atom. The van der Waals surface area contributed by atoms with Gasteiger partial charge in [0.1, 0.15) is 0 Å². The summed E-state index contributed by atoms with van der Waals surface area (Å²) >= 11 is 0. The first-order chi connectivity index (χ1) is 16.1. The van der Waals surface area contributed by atoms with Crippen molar-refractivity contribution in [2.24, 2.45) is 5.92 Å². The van der Waals surface area contributed by atoms with Gasteiger partial charge in [0.05, 0.1) is 0 Å². The molecule has 33 heavy (non-hydrogen) atoms. The molecule has 0 amide bonds. The highest BCUT2D eigenvalue weighted by molar-refractivity contribution is 5.85. The minimum atomic E-state index is -0.00960. The number of rotatable bonds is 4. The molecular formula is C33H28. The van der Waals surface area contributed by atoms with Crippen molar-refractivity contribution in [3.05, 3.63) is 132 Å². The largest absolute Gasteiger partial charge is 0.0768 e. The van der Waals surface area contributed by atoms with Crippen LogP contribution in [-0.2, 0) is 11.8 Å². The Hall–Kier alpha value is -3.64. The molecule has 0 spiro atoms. The molecule has 0 saturated heterocycles. The Bertz CT molecular complexity index is 1370. The van der Waals surface area contributed by atoms with Gasteiger partial charge in [0.25, 0.3) is 0 Å². The molecule has 0 saturated carbocycles. The van der Waals surface area contributed by atoms with Crippen molar-refractivity contribution in [3.63, 3.8) is 0 Å². The van der Waals surface area contributed by atoms with E-state index in [0.717, 1.165) is 6.42 Å².